The van der Waals surface area contributed by atoms with Gasteiger partial charge >= 0.3 is 0 Å². The molecule has 0 fully saturated rings. The number of benzene rings is 2. The van der Waals surface area contributed by atoms with Gasteiger partial charge in [0.2, 0.25) is 0 Å². The van der Waals surface area contributed by atoms with E-state index < -0.39 is 0 Å². The monoisotopic (exact) mass is 506 g/mol. The van der Waals surface area contributed by atoms with Gasteiger partial charge in [-0.05, 0) is 83.1 Å². The number of nitrogens with one attached hydrogen (secondary N) is 2. The molecule has 0 atom stereocenters. The first-order valence-electron chi connectivity index (χ1n) is 9.54. The van der Waals surface area contributed by atoms with Crippen molar-refractivity contribution in [1.29, 1.82) is 5.26 Å². The van der Waals surface area contributed by atoms with Crippen molar-refractivity contribution < 1.29 is 4.79 Å². The molecule has 0 saturated carbocycles. The first kappa shape index (κ1) is 20.0. The summed E-state index contributed by atoms with van der Waals surface area (Å²) in [7, 11) is 0. The minimum absolute atomic E-state index is 0.0828. The number of H-pyrrole nitrogens is 1. The average Bonchev–Trinajstić information content (AvgIpc) is 3.39. The number of nitriles is 1. The maximum absolute atomic E-state index is 12.6. The van der Waals surface area contributed by atoms with Gasteiger partial charge in [-0.25, -0.2) is 0 Å². The zero-order valence-corrected chi connectivity index (χ0v) is 18.3. The molecule has 0 aliphatic rings. The Labute approximate surface area is 188 Å². The molecule has 0 saturated heterocycles. The molecule has 0 aliphatic heterocycles. The minimum Gasteiger partial charge on any atom is -0.361 e. The first-order valence-corrected chi connectivity index (χ1v) is 10.6. The molecule has 0 radical (unpaired) electrons. The lowest BCUT2D eigenvalue weighted by atomic mass is 10.1. The first-order chi connectivity index (χ1) is 14.7. The van der Waals surface area contributed by atoms with Crippen molar-refractivity contribution in [3.8, 4) is 11.8 Å². The molecule has 0 bridgehead atoms. The lowest BCUT2D eigenvalue weighted by molar-refractivity contribution is -0.117. The third kappa shape index (κ3) is 4.31. The molecule has 4 aromatic rings. The molecule has 2 N–H and O–H groups in total. The van der Waals surface area contributed by atoms with E-state index in [2.05, 4.69) is 39.0 Å². The van der Waals surface area contributed by atoms with E-state index in [1.54, 1.807) is 6.08 Å². The van der Waals surface area contributed by atoms with Crippen molar-refractivity contribution in [1.82, 2.24) is 14.9 Å². The summed E-state index contributed by atoms with van der Waals surface area (Å²) in [4.78, 5) is 15.8. The number of fused-ring (bicyclic) bond motifs is 1. The smallest absolute Gasteiger partial charge is 0.262 e. The summed E-state index contributed by atoms with van der Waals surface area (Å²) in [5.41, 5.74) is 4.05. The Hall–Kier alpha value is -3.31. The van der Waals surface area contributed by atoms with Crippen molar-refractivity contribution in [2.24, 2.45) is 0 Å². The summed E-state index contributed by atoms with van der Waals surface area (Å²) in [6.45, 7) is 0.456. The Bertz CT molecular complexity index is 1260. The fourth-order valence-electron chi connectivity index (χ4n) is 3.39. The van der Waals surface area contributed by atoms with Crippen LogP contribution in [-0.2, 0) is 11.2 Å². The zero-order valence-electron chi connectivity index (χ0n) is 16.1. The van der Waals surface area contributed by atoms with E-state index in [0.717, 1.165) is 31.4 Å². The van der Waals surface area contributed by atoms with Gasteiger partial charge in [0.15, 0.2) is 0 Å². The van der Waals surface area contributed by atoms with Gasteiger partial charge in [0.25, 0.3) is 5.91 Å². The number of carbonyl (C=O) groups excluding carboxylic acids is 1. The number of rotatable bonds is 6. The van der Waals surface area contributed by atoms with Crippen molar-refractivity contribution in [3.05, 3.63) is 93.5 Å². The molecule has 0 unspecified atom stereocenters. The predicted octanol–water partition coefficient (Wildman–Crippen LogP) is 4.83. The average molecular weight is 506 g/mol. The second-order valence-electron chi connectivity index (χ2n) is 6.81. The molecule has 5 nitrogen and oxygen atoms in total. The van der Waals surface area contributed by atoms with Crippen LogP contribution >= 0.6 is 22.6 Å². The van der Waals surface area contributed by atoms with E-state index in [1.807, 2.05) is 77.6 Å². The lowest BCUT2D eigenvalue weighted by Crippen LogP contribution is -2.26. The van der Waals surface area contributed by atoms with E-state index in [1.165, 1.54) is 0 Å². The maximum Gasteiger partial charge on any atom is 0.262 e. The topological polar surface area (TPSA) is 73.6 Å². The Balaban J connectivity index is 1.46. The Morgan fingerprint density at radius 2 is 1.93 bits per heavy atom. The number of aromatic nitrogens is 2. The van der Waals surface area contributed by atoms with E-state index in [0.29, 0.717) is 13.0 Å². The molecule has 30 heavy (non-hydrogen) atoms. The Morgan fingerprint density at radius 3 is 2.73 bits per heavy atom. The fraction of sp³-hybridized carbons (Fsp3) is 0.0833. The highest BCUT2D eigenvalue weighted by Gasteiger charge is 2.11. The van der Waals surface area contributed by atoms with E-state index >= 15 is 0 Å². The van der Waals surface area contributed by atoms with Gasteiger partial charge in [-0.15, -0.1) is 0 Å². The number of aromatic amines is 1. The van der Waals surface area contributed by atoms with Crippen LogP contribution in [0.3, 0.4) is 0 Å². The number of hydrogen-bond acceptors (Lipinski definition) is 2. The molecule has 0 spiro atoms. The summed E-state index contributed by atoms with van der Waals surface area (Å²) in [6.07, 6.45) is 6.19. The molecule has 2 heterocycles. The van der Waals surface area contributed by atoms with Gasteiger partial charge in [-0.1, -0.05) is 18.2 Å². The number of halogens is 1. The van der Waals surface area contributed by atoms with E-state index in [-0.39, 0.29) is 11.5 Å². The van der Waals surface area contributed by atoms with Crippen LogP contribution in [0.25, 0.3) is 22.7 Å². The van der Waals surface area contributed by atoms with Gasteiger partial charge in [-0.2, -0.15) is 5.26 Å². The molecule has 4 rings (SSSR count). The van der Waals surface area contributed by atoms with Crippen molar-refractivity contribution in [3.63, 3.8) is 0 Å². The molecule has 6 heteroatoms. The number of carbonyl (C=O) groups is 1. The van der Waals surface area contributed by atoms with Crippen molar-refractivity contribution >= 4 is 45.5 Å². The number of para-hydroxylation sites is 1. The predicted molar refractivity (Wildman–Crippen MR) is 127 cm³/mol. The Kier molecular flexibility index (Phi) is 6.00. The van der Waals surface area contributed by atoms with Crippen LogP contribution in [-0.4, -0.2) is 22.0 Å². The highest BCUT2D eigenvalue weighted by Crippen LogP contribution is 2.19. The summed E-state index contributed by atoms with van der Waals surface area (Å²) < 4.78 is 3.10. The second-order valence-corrected chi connectivity index (χ2v) is 8.06. The summed E-state index contributed by atoms with van der Waals surface area (Å²) in [5.74, 6) is -0.368. The third-order valence-electron chi connectivity index (χ3n) is 4.90. The highest BCUT2D eigenvalue weighted by molar-refractivity contribution is 14.1. The molecule has 2 aromatic heterocycles. The van der Waals surface area contributed by atoms with Crippen LogP contribution in [0.1, 0.15) is 11.3 Å². The molecule has 2 aromatic carbocycles. The van der Waals surface area contributed by atoms with Gasteiger partial charge in [0.1, 0.15) is 11.6 Å². The summed E-state index contributed by atoms with van der Waals surface area (Å²) in [5, 5.41) is 13.5. The van der Waals surface area contributed by atoms with Crippen LogP contribution in [0.15, 0.2) is 78.6 Å². The highest BCUT2D eigenvalue weighted by atomic mass is 127. The normalized spacial score (nSPS) is 11.4. The van der Waals surface area contributed by atoms with E-state index in [9.17, 15) is 10.1 Å². The van der Waals surface area contributed by atoms with Crippen LogP contribution in [0.5, 0.6) is 0 Å². The SMILES string of the molecule is N#C/C(=C/c1cccn1-c1ccc(I)cc1)C(=O)NCCc1c[nH]c2ccccc12. The van der Waals surface area contributed by atoms with Crippen LogP contribution in [0.2, 0.25) is 0 Å². The zero-order chi connectivity index (χ0) is 20.9. The van der Waals surface area contributed by atoms with Gasteiger partial charge < -0.3 is 14.9 Å². The van der Waals surface area contributed by atoms with Crippen LogP contribution in [0, 0.1) is 14.9 Å². The van der Waals surface area contributed by atoms with E-state index in [4.69, 9.17) is 0 Å². The molecular weight excluding hydrogens is 487 g/mol. The van der Waals surface area contributed by atoms with Gasteiger partial charge in [0, 0.05) is 44.8 Å². The Morgan fingerprint density at radius 1 is 1.13 bits per heavy atom. The number of amides is 1. The second kappa shape index (κ2) is 9.01. The van der Waals surface area contributed by atoms with Crippen LogP contribution in [0.4, 0.5) is 0 Å². The number of hydrogen-bond donors (Lipinski definition) is 2. The van der Waals surface area contributed by atoms with Crippen molar-refractivity contribution in [2.75, 3.05) is 6.54 Å². The molecule has 0 aliphatic carbocycles. The maximum atomic E-state index is 12.6. The van der Waals surface area contributed by atoms with Gasteiger partial charge in [0.05, 0.1) is 0 Å². The molecule has 148 valence electrons. The standard InChI is InChI=1S/C24H19IN4O/c25-19-7-9-20(10-8-19)29-13-3-4-21(29)14-18(15-26)24(30)27-12-11-17-16-28-23-6-2-1-5-22(17)23/h1-10,13-14,16,28H,11-12H2,(H,27,30)/b18-14-. The van der Waals surface area contributed by atoms with Crippen molar-refractivity contribution in [2.45, 2.75) is 6.42 Å². The fourth-order valence-corrected chi connectivity index (χ4v) is 3.75. The number of nitrogens with zero attached hydrogens (tertiary/aromatic N) is 2. The largest absolute Gasteiger partial charge is 0.361 e. The molecule has 1 amide bonds. The van der Waals surface area contributed by atoms with Gasteiger partial charge in [-0.3, -0.25) is 4.79 Å². The minimum atomic E-state index is -0.368. The summed E-state index contributed by atoms with van der Waals surface area (Å²) in [6, 6.07) is 21.9. The lowest BCUT2D eigenvalue weighted by Gasteiger charge is -2.08. The quantitative estimate of drug-likeness (QED) is 0.224. The summed E-state index contributed by atoms with van der Waals surface area (Å²) >= 11 is 2.26. The third-order valence-corrected chi connectivity index (χ3v) is 5.62. The molecular formula is C24H19IN4O. The van der Waals surface area contributed by atoms with Crippen LogP contribution < -0.4 is 5.32 Å².